The van der Waals surface area contributed by atoms with Crippen LogP contribution in [0.2, 0.25) is 0 Å². The van der Waals surface area contributed by atoms with Crippen molar-refractivity contribution < 1.29 is 5.11 Å². The second kappa shape index (κ2) is 5.56. The summed E-state index contributed by atoms with van der Waals surface area (Å²) in [5.74, 6) is 4.07. The lowest BCUT2D eigenvalue weighted by atomic mass is 9.97. The fraction of sp³-hybridized carbons (Fsp3) is 0.733. The third-order valence-electron chi connectivity index (χ3n) is 4.49. The Morgan fingerprint density at radius 2 is 1.90 bits per heavy atom. The Labute approximate surface area is 120 Å². The van der Waals surface area contributed by atoms with E-state index in [4.69, 9.17) is 4.98 Å². The molecule has 20 heavy (non-hydrogen) atoms. The summed E-state index contributed by atoms with van der Waals surface area (Å²) >= 11 is 0. The van der Waals surface area contributed by atoms with Crippen LogP contribution in [-0.4, -0.2) is 41.8 Å². The van der Waals surface area contributed by atoms with Crippen LogP contribution >= 0.6 is 0 Å². The summed E-state index contributed by atoms with van der Waals surface area (Å²) in [5.41, 5.74) is 1.14. The highest BCUT2D eigenvalue weighted by Crippen LogP contribution is 2.40. The van der Waals surface area contributed by atoms with E-state index in [-0.39, 0.29) is 0 Å². The lowest BCUT2D eigenvalue weighted by Crippen LogP contribution is -2.36. The Kier molecular flexibility index (Phi) is 3.78. The molecule has 2 aliphatic rings. The number of nitrogens with zero attached hydrogens (tertiary/aromatic N) is 3. The van der Waals surface area contributed by atoms with Gasteiger partial charge in [0, 0.05) is 38.2 Å². The lowest BCUT2D eigenvalue weighted by molar-refractivity contribution is 0.202. The molecule has 1 aliphatic heterocycles. The molecule has 0 aromatic carbocycles. The van der Waals surface area contributed by atoms with Gasteiger partial charge < -0.3 is 15.3 Å². The number of hydrogen-bond donors (Lipinski definition) is 2. The maximum Gasteiger partial charge on any atom is 0.137 e. The van der Waals surface area contributed by atoms with E-state index in [2.05, 4.69) is 22.1 Å². The van der Waals surface area contributed by atoms with Crippen molar-refractivity contribution in [3.05, 3.63) is 11.4 Å². The molecule has 0 spiro atoms. The van der Waals surface area contributed by atoms with Gasteiger partial charge in [-0.05, 0) is 38.5 Å². The second-order valence-corrected chi connectivity index (χ2v) is 6.02. The number of rotatable bonds is 4. The lowest BCUT2D eigenvalue weighted by Gasteiger charge is -2.33. The van der Waals surface area contributed by atoms with Crippen molar-refractivity contribution in [2.75, 3.05) is 37.0 Å². The van der Waals surface area contributed by atoms with Crippen LogP contribution in [0.5, 0.6) is 0 Å². The topological polar surface area (TPSA) is 61.3 Å². The summed E-state index contributed by atoms with van der Waals surface area (Å²) in [4.78, 5) is 11.8. The van der Waals surface area contributed by atoms with Gasteiger partial charge in [0.25, 0.3) is 0 Å². The SMILES string of the molecule is CNc1nc(C2CC2)nc(N2CCC(CO)CC2)c1C. The molecule has 1 saturated heterocycles. The van der Waals surface area contributed by atoms with E-state index >= 15 is 0 Å². The first-order valence-electron chi connectivity index (χ1n) is 7.65. The molecule has 110 valence electrons. The van der Waals surface area contributed by atoms with E-state index in [1.807, 2.05) is 7.05 Å². The number of hydrogen-bond acceptors (Lipinski definition) is 5. The fourth-order valence-corrected chi connectivity index (χ4v) is 2.92. The zero-order chi connectivity index (χ0) is 14.1. The van der Waals surface area contributed by atoms with Crippen molar-refractivity contribution in [3.63, 3.8) is 0 Å². The molecular weight excluding hydrogens is 252 g/mol. The third kappa shape index (κ3) is 2.59. The van der Waals surface area contributed by atoms with Gasteiger partial charge in [-0.2, -0.15) is 0 Å². The van der Waals surface area contributed by atoms with Gasteiger partial charge in [0.1, 0.15) is 17.5 Å². The summed E-state index contributed by atoms with van der Waals surface area (Å²) in [6.07, 6.45) is 4.54. The summed E-state index contributed by atoms with van der Waals surface area (Å²) in [6, 6.07) is 0. The molecule has 0 amide bonds. The van der Waals surface area contributed by atoms with Crippen molar-refractivity contribution in [1.82, 2.24) is 9.97 Å². The van der Waals surface area contributed by atoms with Crippen molar-refractivity contribution in [1.29, 1.82) is 0 Å². The maximum atomic E-state index is 9.26. The van der Waals surface area contributed by atoms with Gasteiger partial charge in [-0.3, -0.25) is 0 Å². The molecule has 0 atom stereocenters. The Morgan fingerprint density at radius 1 is 1.20 bits per heavy atom. The highest BCUT2D eigenvalue weighted by molar-refractivity contribution is 5.59. The van der Waals surface area contributed by atoms with Crippen LogP contribution in [0.3, 0.4) is 0 Å². The number of nitrogens with one attached hydrogen (secondary N) is 1. The van der Waals surface area contributed by atoms with Gasteiger partial charge in [-0.25, -0.2) is 9.97 Å². The van der Waals surface area contributed by atoms with Crippen LogP contribution in [0.15, 0.2) is 0 Å². The van der Waals surface area contributed by atoms with Crippen LogP contribution in [0.25, 0.3) is 0 Å². The van der Waals surface area contributed by atoms with Gasteiger partial charge in [0.05, 0.1) is 0 Å². The summed E-state index contributed by atoms with van der Waals surface area (Å²) in [6.45, 7) is 4.37. The molecule has 5 nitrogen and oxygen atoms in total. The van der Waals surface area contributed by atoms with Crippen LogP contribution in [0.4, 0.5) is 11.6 Å². The highest BCUT2D eigenvalue weighted by atomic mass is 16.3. The molecule has 1 saturated carbocycles. The summed E-state index contributed by atoms with van der Waals surface area (Å²) < 4.78 is 0. The van der Waals surface area contributed by atoms with E-state index < -0.39 is 0 Å². The largest absolute Gasteiger partial charge is 0.396 e. The number of aliphatic hydroxyl groups is 1. The Hall–Kier alpha value is -1.36. The van der Waals surface area contributed by atoms with Crippen LogP contribution in [0, 0.1) is 12.8 Å². The number of aliphatic hydroxyl groups excluding tert-OH is 1. The molecule has 5 heteroatoms. The molecule has 1 aliphatic carbocycles. The van der Waals surface area contributed by atoms with Gasteiger partial charge in [-0.1, -0.05) is 0 Å². The Bertz CT molecular complexity index is 479. The third-order valence-corrected chi connectivity index (χ3v) is 4.49. The number of anilines is 2. The molecule has 3 rings (SSSR count). The van der Waals surface area contributed by atoms with Gasteiger partial charge >= 0.3 is 0 Å². The first-order valence-corrected chi connectivity index (χ1v) is 7.65. The summed E-state index contributed by atoms with van der Waals surface area (Å²) in [5, 5.41) is 12.5. The second-order valence-electron chi connectivity index (χ2n) is 6.02. The maximum absolute atomic E-state index is 9.26. The zero-order valence-electron chi connectivity index (χ0n) is 12.4. The quantitative estimate of drug-likeness (QED) is 0.879. The average Bonchev–Trinajstić information content (AvgIpc) is 3.32. The molecule has 2 heterocycles. The van der Waals surface area contributed by atoms with E-state index in [0.29, 0.717) is 18.4 Å². The molecule has 0 radical (unpaired) electrons. The highest BCUT2D eigenvalue weighted by Gasteiger charge is 2.29. The molecule has 0 unspecified atom stereocenters. The molecule has 2 N–H and O–H groups in total. The Balaban J connectivity index is 1.86. The molecule has 0 bridgehead atoms. The fourth-order valence-electron chi connectivity index (χ4n) is 2.92. The molecule has 2 fully saturated rings. The first-order chi connectivity index (χ1) is 9.72. The van der Waals surface area contributed by atoms with Crippen LogP contribution < -0.4 is 10.2 Å². The smallest absolute Gasteiger partial charge is 0.137 e. The molecule has 1 aromatic rings. The van der Waals surface area contributed by atoms with E-state index in [9.17, 15) is 5.11 Å². The minimum absolute atomic E-state index is 0.311. The number of aromatic nitrogens is 2. The minimum atomic E-state index is 0.311. The van der Waals surface area contributed by atoms with Crippen molar-refractivity contribution in [2.24, 2.45) is 5.92 Å². The van der Waals surface area contributed by atoms with Crippen molar-refractivity contribution in [3.8, 4) is 0 Å². The average molecular weight is 276 g/mol. The van der Waals surface area contributed by atoms with Crippen molar-refractivity contribution >= 4 is 11.6 Å². The predicted molar refractivity (Wildman–Crippen MR) is 80.3 cm³/mol. The minimum Gasteiger partial charge on any atom is -0.396 e. The van der Waals surface area contributed by atoms with Gasteiger partial charge in [0.2, 0.25) is 0 Å². The van der Waals surface area contributed by atoms with E-state index in [1.54, 1.807) is 0 Å². The van der Waals surface area contributed by atoms with Gasteiger partial charge in [-0.15, -0.1) is 0 Å². The zero-order valence-corrected chi connectivity index (χ0v) is 12.4. The Morgan fingerprint density at radius 3 is 2.45 bits per heavy atom. The van der Waals surface area contributed by atoms with Crippen LogP contribution in [-0.2, 0) is 0 Å². The standard InChI is InChI=1S/C15H24N4O/c1-10-13(16-2)17-14(12-3-4-12)18-15(10)19-7-5-11(9-20)6-8-19/h11-12,20H,3-9H2,1-2H3,(H,16,17,18). The van der Waals surface area contributed by atoms with Crippen LogP contribution in [0.1, 0.15) is 43.0 Å². The number of piperidine rings is 1. The summed E-state index contributed by atoms with van der Waals surface area (Å²) in [7, 11) is 1.92. The molecular formula is C15H24N4O. The predicted octanol–water partition coefficient (Wildman–Crippen LogP) is 1.91. The molecule has 1 aromatic heterocycles. The first kappa shape index (κ1) is 13.6. The monoisotopic (exact) mass is 276 g/mol. The van der Waals surface area contributed by atoms with Gasteiger partial charge in [0.15, 0.2) is 0 Å². The van der Waals surface area contributed by atoms with Crippen molar-refractivity contribution in [2.45, 2.75) is 38.5 Å². The van der Waals surface area contributed by atoms with E-state index in [0.717, 1.165) is 49.0 Å². The van der Waals surface area contributed by atoms with E-state index in [1.165, 1.54) is 12.8 Å². The normalized spacial score (nSPS) is 20.2.